The monoisotopic (exact) mass is 402 g/mol. The summed E-state index contributed by atoms with van der Waals surface area (Å²) < 4.78 is 19.4. The fourth-order valence-electron chi connectivity index (χ4n) is 3.46. The van der Waals surface area contributed by atoms with Crippen LogP contribution < -0.4 is 0 Å². The van der Waals surface area contributed by atoms with Crippen LogP contribution in [0.3, 0.4) is 0 Å². The highest BCUT2D eigenvalue weighted by atomic mass is 16.7. The number of carbonyl (C=O) groups excluding carboxylic acids is 2. The van der Waals surface area contributed by atoms with Gasteiger partial charge in [0.05, 0.1) is 20.8 Å². The van der Waals surface area contributed by atoms with Gasteiger partial charge in [0, 0.05) is 0 Å². The van der Waals surface area contributed by atoms with Crippen LogP contribution in [0.15, 0.2) is 0 Å². The highest BCUT2D eigenvalue weighted by molar-refractivity contribution is 5.59. The van der Waals surface area contributed by atoms with Gasteiger partial charge in [0.15, 0.2) is 0 Å². The molecule has 0 saturated heterocycles. The van der Waals surface area contributed by atoms with Crippen molar-refractivity contribution in [1.82, 2.24) is 0 Å². The van der Waals surface area contributed by atoms with E-state index in [1.807, 2.05) is 0 Å². The van der Waals surface area contributed by atoms with E-state index in [-0.39, 0.29) is 6.10 Å². The maximum absolute atomic E-state index is 11.5. The lowest BCUT2D eigenvalue weighted by molar-refractivity contribution is 0.0237. The predicted octanol–water partition coefficient (Wildman–Crippen LogP) is 6.50. The van der Waals surface area contributed by atoms with Gasteiger partial charge in [-0.15, -0.1) is 0 Å². The van der Waals surface area contributed by atoms with Gasteiger partial charge in [-0.25, -0.2) is 9.59 Å². The van der Waals surface area contributed by atoms with Crippen molar-refractivity contribution in [3.63, 3.8) is 0 Å². The first-order valence-electron chi connectivity index (χ1n) is 10.9. The second kappa shape index (κ2) is 17.6. The number of rotatable bonds is 16. The Bertz CT molecular complexity index is 398. The van der Waals surface area contributed by atoms with Crippen LogP contribution in [0.5, 0.6) is 0 Å². The summed E-state index contributed by atoms with van der Waals surface area (Å²) in [6, 6.07) is 0. The van der Waals surface area contributed by atoms with Crippen LogP contribution >= 0.6 is 0 Å². The maximum Gasteiger partial charge on any atom is 0.508 e. The topological polar surface area (TPSA) is 71.1 Å². The number of methoxy groups -OCH3 is 2. The van der Waals surface area contributed by atoms with Gasteiger partial charge in [0.25, 0.3) is 0 Å². The van der Waals surface area contributed by atoms with Crippen LogP contribution in [0.1, 0.15) is 91.4 Å². The average Bonchev–Trinajstić information content (AvgIpc) is 2.66. The summed E-state index contributed by atoms with van der Waals surface area (Å²) in [5, 5.41) is 0. The van der Waals surface area contributed by atoms with Crippen molar-refractivity contribution in [3.05, 3.63) is 0 Å². The van der Waals surface area contributed by atoms with Crippen molar-refractivity contribution in [2.75, 3.05) is 20.8 Å². The molecule has 0 aliphatic heterocycles. The molecule has 3 unspecified atom stereocenters. The first-order valence-corrected chi connectivity index (χ1v) is 10.9. The average molecular weight is 403 g/mol. The lowest BCUT2D eigenvalue weighted by atomic mass is 9.94. The molecule has 0 spiro atoms. The summed E-state index contributed by atoms with van der Waals surface area (Å²) in [6.45, 7) is 7.10. The van der Waals surface area contributed by atoms with Gasteiger partial charge in [-0.2, -0.15) is 0 Å². The zero-order valence-corrected chi connectivity index (χ0v) is 18.7. The van der Waals surface area contributed by atoms with E-state index < -0.39 is 12.3 Å². The Kier molecular flexibility index (Phi) is 16.7. The molecule has 0 aromatic rings. The van der Waals surface area contributed by atoms with Crippen LogP contribution in [0.25, 0.3) is 0 Å². The van der Waals surface area contributed by atoms with E-state index in [1.54, 1.807) is 0 Å². The molecule has 0 rings (SSSR count). The smallest absolute Gasteiger partial charge is 0.438 e. The van der Waals surface area contributed by atoms with Crippen LogP contribution in [-0.2, 0) is 18.9 Å². The fraction of sp³-hybridized carbons (Fsp3) is 0.909. The Morgan fingerprint density at radius 1 is 0.750 bits per heavy atom. The maximum atomic E-state index is 11.5. The highest BCUT2D eigenvalue weighted by Gasteiger charge is 2.17. The van der Waals surface area contributed by atoms with Gasteiger partial charge < -0.3 is 18.9 Å². The van der Waals surface area contributed by atoms with Crippen molar-refractivity contribution in [3.8, 4) is 0 Å². The van der Waals surface area contributed by atoms with Crippen LogP contribution in [0, 0.1) is 11.8 Å². The lowest BCUT2D eigenvalue weighted by Gasteiger charge is -2.20. The van der Waals surface area contributed by atoms with Gasteiger partial charge in [0.2, 0.25) is 0 Å². The Hall–Kier alpha value is -1.46. The summed E-state index contributed by atoms with van der Waals surface area (Å²) in [6.07, 6.45) is 10.6. The molecule has 28 heavy (non-hydrogen) atoms. The number of ether oxygens (including phenoxy) is 4. The van der Waals surface area contributed by atoms with E-state index in [1.165, 1.54) is 27.1 Å². The SMILES string of the molecule is CCCC(C)CC(CCCCCC(C)CCCCOC(=O)OC)OC(=O)OC. The molecule has 6 heteroatoms. The molecule has 0 aromatic heterocycles. The summed E-state index contributed by atoms with van der Waals surface area (Å²) >= 11 is 0. The number of hydrogen-bond acceptors (Lipinski definition) is 6. The van der Waals surface area contributed by atoms with E-state index in [0.717, 1.165) is 57.8 Å². The molecule has 6 nitrogen and oxygen atoms in total. The normalized spacial score (nSPS) is 14.0. The molecular formula is C22H42O6. The minimum atomic E-state index is -0.605. The summed E-state index contributed by atoms with van der Waals surface area (Å²) in [7, 11) is 2.68. The third kappa shape index (κ3) is 15.6. The molecule has 0 aliphatic rings. The van der Waals surface area contributed by atoms with Crippen molar-refractivity contribution < 1.29 is 28.5 Å². The largest absolute Gasteiger partial charge is 0.508 e. The van der Waals surface area contributed by atoms with E-state index >= 15 is 0 Å². The standard InChI is InChI=1S/C22H42O6/c1-6-12-19(3)17-20(28-22(24)26-5)15-9-7-8-13-18(2)14-10-11-16-27-21(23)25-4/h18-20H,6-17H2,1-5H3. The summed E-state index contributed by atoms with van der Waals surface area (Å²) in [5.74, 6) is 1.23. The Morgan fingerprint density at radius 3 is 1.96 bits per heavy atom. The predicted molar refractivity (Wildman–Crippen MR) is 110 cm³/mol. The van der Waals surface area contributed by atoms with Gasteiger partial charge in [-0.1, -0.05) is 59.3 Å². The van der Waals surface area contributed by atoms with Gasteiger partial charge in [-0.05, 0) is 43.9 Å². The molecule has 0 aromatic carbocycles. The second-order valence-corrected chi connectivity index (χ2v) is 7.87. The molecule has 0 radical (unpaired) electrons. The van der Waals surface area contributed by atoms with Crippen molar-refractivity contribution in [1.29, 1.82) is 0 Å². The van der Waals surface area contributed by atoms with Gasteiger partial charge in [-0.3, -0.25) is 0 Å². The first-order chi connectivity index (χ1) is 13.4. The molecule has 0 N–H and O–H groups in total. The number of carbonyl (C=O) groups is 2. The van der Waals surface area contributed by atoms with Crippen molar-refractivity contribution in [2.24, 2.45) is 11.8 Å². The molecule has 0 fully saturated rings. The Balaban J connectivity index is 3.86. The lowest BCUT2D eigenvalue weighted by Crippen LogP contribution is -2.21. The quantitative estimate of drug-likeness (QED) is 0.217. The van der Waals surface area contributed by atoms with Crippen LogP contribution in [-0.4, -0.2) is 39.2 Å². The van der Waals surface area contributed by atoms with Crippen LogP contribution in [0.2, 0.25) is 0 Å². The van der Waals surface area contributed by atoms with Crippen molar-refractivity contribution in [2.45, 2.75) is 97.5 Å². The highest BCUT2D eigenvalue weighted by Crippen LogP contribution is 2.21. The Morgan fingerprint density at radius 2 is 1.36 bits per heavy atom. The third-order valence-corrected chi connectivity index (χ3v) is 5.08. The molecular weight excluding hydrogens is 360 g/mol. The van der Waals surface area contributed by atoms with E-state index in [4.69, 9.17) is 9.47 Å². The molecule has 0 amide bonds. The second-order valence-electron chi connectivity index (χ2n) is 7.87. The van der Waals surface area contributed by atoms with Crippen LogP contribution in [0.4, 0.5) is 9.59 Å². The zero-order valence-electron chi connectivity index (χ0n) is 18.7. The molecule has 3 atom stereocenters. The molecule has 0 saturated carbocycles. The zero-order chi connectivity index (χ0) is 21.2. The number of unbranched alkanes of at least 4 members (excludes halogenated alkanes) is 3. The third-order valence-electron chi connectivity index (χ3n) is 5.08. The van der Waals surface area contributed by atoms with Gasteiger partial charge in [0.1, 0.15) is 6.10 Å². The summed E-state index contributed by atoms with van der Waals surface area (Å²) in [5.41, 5.74) is 0. The molecule has 166 valence electrons. The fourth-order valence-corrected chi connectivity index (χ4v) is 3.46. The van der Waals surface area contributed by atoms with Gasteiger partial charge >= 0.3 is 12.3 Å². The Labute approximate surface area is 171 Å². The molecule has 0 bridgehead atoms. The minimum Gasteiger partial charge on any atom is -0.438 e. The van der Waals surface area contributed by atoms with E-state index in [9.17, 15) is 9.59 Å². The van der Waals surface area contributed by atoms with Crippen molar-refractivity contribution >= 4 is 12.3 Å². The molecule has 0 aliphatic carbocycles. The first kappa shape index (κ1) is 26.5. The summed E-state index contributed by atoms with van der Waals surface area (Å²) in [4.78, 5) is 22.3. The number of hydrogen-bond donors (Lipinski definition) is 0. The van der Waals surface area contributed by atoms with E-state index in [2.05, 4.69) is 30.2 Å². The van der Waals surface area contributed by atoms with E-state index in [0.29, 0.717) is 18.4 Å². The molecule has 0 heterocycles. The minimum absolute atomic E-state index is 0.0405.